The number of ether oxygens (including phenoxy) is 2. The highest BCUT2D eigenvalue weighted by atomic mass is 32.1. The fourth-order valence-electron chi connectivity index (χ4n) is 2.45. The lowest BCUT2D eigenvalue weighted by Gasteiger charge is -2.09. The fraction of sp³-hybridized carbons (Fsp3) is 0.200. The SMILES string of the molecule is CCc1nc(-c2cccc(OCCOc3ccc(F)cc3)c2)sc1C(=O)O. The molecule has 0 atom stereocenters. The van der Waals surface area contributed by atoms with Gasteiger partial charge in [-0.2, -0.15) is 0 Å². The molecular weight excluding hydrogens is 369 g/mol. The molecule has 0 fully saturated rings. The van der Waals surface area contributed by atoms with Crippen LogP contribution in [0.2, 0.25) is 0 Å². The number of carbonyl (C=O) groups is 1. The molecule has 0 amide bonds. The highest BCUT2D eigenvalue weighted by molar-refractivity contribution is 7.17. The third kappa shape index (κ3) is 4.83. The molecule has 0 aliphatic carbocycles. The summed E-state index contributed by atoms with van der Waals surface area (Å²) in [4.78, 5) is 16.0. The number of nitrogens with zero attached hydrogens (tertiary/aromatic N) is 1. The van der Waals surface area contributed by atoms with Gasteiger partial charge < -0.3 is 14.6 Å². The van der Waals surface area contributed by atoms with Gasteiger partial charge >= 0.3 is 5.97 Å². The van der Waals surface area contributed by atoms with Gasteiger partial charge in [0, 0.05) is 5.56 Å². The Morgan fingerprint density at radius 3 is 2.44 bits per heavy atom. The Bertz CT molecular complexity index is 924. The summed E-state index contributed by atoms with van der Waals surface area (Å²) in [7, 11) is 0. The first-order valence-electron chi connectivity index (χ1n) is 8.41. The zero-order chi connectivity index (χ0) is 19.2. The molecule has 0 bridgehead atoms. The average molecular weight is 387 g/mol. The van der Waals surface area contributed by atoms with Crippen molar-refractivity contribution in [2.45, 2.75) is 13.3 Å². The number of hydrogen-bond donors (Lipinski definition) is 1. The van der Waals surface area contributed by atoms with Crippen LogP contribution < -0.4 is 9.47 Å². The number of hydrogen-bond acceptors (Lipinski definition) is 5. The van der Waals surface area contributed by atoms with Crippen LogP contribution in [0, 0.1) is 5.82 Å². The largest absolute Gasteiger partial charge is 0.490 e. The summed E-state index contributed by atoms with van der Waals surface area (Å²) < 4.78 is 24.0. The minimum absolute atomic E-state index is 0.270. The van der Waals surface area contributed by atoms with Crippen LogP contribution in [0.15, 0.2) is 48.5 Å². The molecule has 0 aliphatic heterocycles. The summed E-state index contributed by atoms with van der Waals surface area (Å²) in [5.74, 6) is -0.0546. The second kappa shape index (κ2) is 8.64. The Labute approximate surface area is 160 Å². The molecule has 5 nitrogen and oxygen atoms in total. The lowest BCUT2D eigenvalue weighted by atomic mass is 10.2. The van der Waals surface area contributed by atoms with Crippen LogP contribution in [0.4, 0.5) is 4.39 Å². The van der Waals surface area contributed by atoms with E-state index in [0.717, 1.165) is 16.9 Å². The summed E-state index contributed by atoms with van der Waals surface area (Å²) in [5.41, 5.74) is 1.39. The predicted molar refractivity (Wildman–Crippen MR) is 101 cm³/mol. The van der Waals surface area contributed by atoms with Crippen molar-refractivity contribution in [1.82, 2.24) is 4.98 Å². The fourth-order valence-corrected chi connectivity index (χ4v) is 3.44. The first kappa shape index (κ1) is 18.8. The zero-order valence-corrected chi connectivity index (χ0v) is 15.5. The van der Waals surface area contributed by atoms with Crippen molar-refractivity contribution in [3.63, 3.8) is 0 Å². The van der Waals surface area contributed by atoms with Gasteiger partial charge in [-0.25, -0.2) is 14.2 Å². The standard InChI is InChI=1S/C20H18FNO4S/c1-2-17-18(20(23)24)27-19(22-17)13-4-3-5-16(12-13)26-11-10-25-15-8-6-14(21)7-9-15/h3-9,12H,2,10-11H2,1H3,(H,23,24). The predicted octanol–water partition coefficient (Wildman–Crippen LogP) is 4.67. The van der Waals surface area contributed by atoms with E-state index < -0.39 is 5.97 Å². The summed E-state index contributed by atoms with van der Waals surface area (Å²) in [5, 5.41) is 9.93. The molecule has 0 saturated heterocycles. The van der Waals surface area contributed by atoms with E-state index in [4.69, 9.17) is 9.47 Å². The minimum atomic E-state index is -0.957. The molecule has 1 aromatic heterocycles. The zero-order valence-electron chi connectivity index (χ0n) is 14.6. The minimum Gasteiger partial charge on any atom is -0.490 e. The maximum Gasteiger partial charge on any atom is 0.347 e. The number of aromatic nitrogens is 1. The number of rotatable bonds is 8. The molecule has 3 rings (SSSR count). The molecule has 0 radical (unpaired) electrons. The molecule has 27 heavy (non-hydrogen) atoms. The van der Waals surface area contributed by atoms with Gasteiger partial charge in [0.05, 0.1) is 5.69 Å². The van der Waals surface area contributed by atoms with Crippen LogP contribution in [0.25, 0.3) is 10.6 Å². The molecular formula is C20H18FNO4S. The Morgan fingerprint density at radius 2 is 1.81 bits per heavy atom. The highest BCUT2D eigenvalue weighted by Crippen LogP contribution is 2.30. The molecule has 2 aromatic carbocycles. The number of carboxylic acids is 1. The second-order valence-corrected chi connectivity index (χ2v) is 6.63. The number of benzene rings is 2. The molecule has 7 heteroatoms. The monoisotopic (exact) mass is 387 g/mol. The molecule has 1 N–H and O–H groups in total. The highest BCUT2D eigenvalue weighted by Gasteiger charge is 2.17. The van der Waals surface area contributed by atoms with E-state index in [1.807, 2.05) is 31.2 Å². The van der Waals surface area contributed by atoms with E-state index in [0.29, 0.717) is 41.8 Å². The van der Waals surface area contributed by atoms with Gasteiger partial charge in [0.1, 0.15) is 40.4 Å². The van der Waals surface area contributed by atoms with E-state index in [1.165, 1.54) is 12.1 Å². The molecule has 3 aromatic rings. The van der Waals surface area contributed by atoms with Crippen LogP contribution in [0.3, 0.4) is 0 Å². The maximum absolute atomic E-state index is 12.9. The van der Waals surface area contributed by atoms with Crippen molar-refractivity contribution >= 4 is 17.3 Å². The summed E-state index contributed by atoms with van der Waals surface area (Å²) in [6.07, 6.45) is 0.565. The third-order valence-corrected chi connectivity index (χ3v) is 4.88. The second-order valence-electron chi connectivity index (χ2n) is 5.63. The average Bonchev–Trinajstić information content (AvgIpc) is 3.12. The Hall–Kier alpha value is -2.93. The van der Waals surface area contributed by atoms with Gasteiger partial charge in [0.2, 0.25) is 0 Å². The third-order valence-electron chi connectivity index (χ3n) is 3.74. The Balaban J connectivity index is 1.62. The first-order valence-corrected chi connectivity index (χ1v) is 9.23. The lowest BCUT2D eigenvalue weighted by Crippen LogP contribution is -2.08. The number of halogens is 1. The quantitative estimate of drug-likeness (QED) is 0.569. The van der Waals surface area contributed by atoms with Gasteiger partial charge in [-0.1, -0.05) is 19.1 Å². The summed E-state index contributed by atoms with van der Waals surface area (Å²) >= 11 is 1.16. The number of aromatic carboxylic acids is 1. The van der Waals surface area contributed by atoms with Gasteiger partial charge in [-0.05, 0) is 42.8 Å². The van der Waals surface area contributed by atoms with E-state index in [1.54, 1.807) is 12.1 Å². The molecule has 1 heterocycles. The van der Waals surface area contributed by atoms with Crippen LogP contribution in [0.5, 0.6) is 11.5 Å². The van der Waals surface area contributed by atoms with Crippen LogP contribution in [-0.4, -0.2) is 29.3 Å². The topological polar surface area (TPSA) is 68.7 Å². The smallest absolute Gasteiger partial charge is 0.347 e. The van der Waals surface area contributed by atoms with Crippen molar-refractivity contribution in [2.24, 2.45) is 0 Å². The van der Waals surface area contributed by atoms with E-state index in [2.05, 4.69) is 4.98 Å². The van der Waals surface area contributed by atoms with Gasteiger partial charge in [0.25, 0.3) is 0 Å². The van der Waals surface area contributed by atoms with Gasteiger partial charge in [-0.3, -0.25) is 0 Å². The molecule has 140 valence electrons. The molecule has 0 aliphatic rings. The normalized spacial score (nSPS) is 10.6. The number of carboxylic acid groups (broad SMARTS) is 1. The van der Waals surface area contributed by atoms with E-state index in [9.17, 15) is 14.3 Å². The molecule has 0 spiro atoms. The van der Waals surface area contributed by atoms with E-state index >= 15 is 0 Å². The summed E-state index contributed by atoms with van der Waals surface area (Å²) in [6.45, 7) is 2.52. The maximum atomic E-state index is 12.9. The number of thiazole rings is 1. The first-order chi connectivity index (χ1) is 13.1. The Morgan fingerprint density at radius 1 is 1.11 bits per heavy atom. The van der Waals surface area contributed by atoms with Crippen LogP contribution in [0.1, 0.15) is 22.3 Å². The van der Waals surface area contributed by atoms with Gasteiger partial charge in [-0.15, -0.1) is 11.3 Å². The van der Waals surface area contributed by atoms with Crippen molar-refractivity contribution < 1.29 is 23.8 Å². The molecule has 0 unspecified atom stereocenters. The lowest BCUT2D eigenvalue weighted by molar-refractivity contribution is 0.0701. The van der Waals surface area contributed by atoms with Crippen molar-refractivity contribution in [1.29, 1.82) is 0 Å². The Kier molecular flexibility index (Phi) is 6.03. The van der Waals surface area contributed by atoms with Crippen LogP contribution >= 0.6 is 11.3 Å². The van der Waals surface area contributed by atoms with Gasteiger partial charge in [0.15, 0.2) is 0 Å². The van der Waals surface area contributed by atoms with Crippen molar-refractivity contribution in [3.8, 4) is 22.1 Å². The van der Waals surface area contributed by atoms with Crippen molar-refractivity contribution in [2.75, 3.05) is 13.2 Å². The van der Waals surface area contributed by atoms with Crippen LogP contribution in [-0.2, 0) is 6.42 Å². The van der Waals surface area contributed by atoms with E-state index in [-0.39, 0.29) is 10.7 Å². The van der Waals surface area contributed by atoms with Crippen molar-refractivity contribution in [3.05, 3.63) is 64.9 Å². The molecule has 0 saturated carbocycles. The number of aryl methyl sites for hydroxylation is 1. The summed E-state index contributed by atoms with van der Waals surface area (Å²) in [6, 6.07) is 13.1.